The van der Waals surface area contributed by atoms with E-state index >= 15 is 0 Å². The lowest BCUT2D eigenvalue weighted by atomic mass is 10.1. The van der Waals surface area contributed by atoms with E-state index in [-0.39, 0.29) is 5.82 Å². The van der Waals surface area contributed by atoms with E-state index in [4.69, 9.17) is 0 Å². The standard InChI is InChI=1S/C20H11F4N3O/c21-14-8-5-12(6-9-14)18-15-3-1-2-4-16(15)19(28)27(26-18)17-10-7-13(11-25-17)20(22,23)24/h1-11H. The summed E-state index contributed by atoms with van der Waals surface area (Å²) < 4.78 is 52.5. The SMILES string of the molecule is O=c1c2ccccc2c(-c2ccc(F)cc2)nn1-c1ccc(C(F)(F)F)cn1. The third-order valence-corrected chi connectivity index (χ3v) is 4.21. The summed E-state index contributed by atoms with van der Waals surface area (Å²) in [6.45, 7) is 0. The number of nitrogens with zero attached hydrogens (tertiary/aromatic N) is 3. The van der Waals surface area contributed by atoms with E-state index in [1.54, 1.807) is 24.3 Å². The Kier molecular flexibility index (Phi) is 4.18. The number of hydrogen-bond donors (Lipinski definition) is 0. The van der Waals surface area contributed by atoms with Gasteiger partial charge in [0.25, 0.3) is 5.56 Å². The van der Waals surface area contributed by atoms with Gasteiger partial charge in [0.2, 0.25) is 0 Å². The maximum atomic E-state index is 13.3. The van der Waals surface area contributed by atoms with Crippen molar-refractivity contribution in [2.75, 3.05) is 0 Å². The third kappa shape index (κ3) is 3.13. The van der Waals surface area contributed by atoms with E-state index < -0.39 is 23.1 Å². The monoisotopic (exact) mass is 385 g/mol. The van der Waals surface area contributed by atoms with Crippen molar-refractivity contribution in [2.45, 2.75) is 6.18 Å². The molecule has 0 amide bonds. The first-order chi connectivity index (χ1) is 13.3. The highest BCUT2D eigenvalue weighted by Crippen LogP contribution is 2.29. The van der Waals surface area contributed by atoms with Gasteiger partial charge < -0.3 is 0 Å². The molecule has 2 aromatic heterocycles. The van der Waals surface area contributed by atoms with Gasteiger partial charge in [-0.1, -0.05) is 18.2 Å². The van der Waals surface area contributed by atoms with Crippen LogP contribution >= 0.6 is 0 Å². The molecule has 0 saturated carbocycles. The molecule has 140 valence electrons. The molecular weight excluding hydrogens is 374 g/mol. The highest BCUT2D eigenvalue weighted by atomic mass is 19.4. The first-order valence-corrected chi connectivity index (χ1v) is 8.16. The lowest BCUT2D eigenvalue weighted by molar-refractivity contribution is -0.137. The second-order valence-electron chi connectivity index (χ2n) is 6.02. The molecule has 4 rings (SSSR count). The fourth-order valence-corrected chi connectivity index (χ4v) is 2.84. The van der Waals surface area contributed by atoms with Gasteiger partial charge in [0.05, 0.1) is 16.6 Å². The summed E-state index contributed by atoms with van der Waals surface area (Å²) in [5, 5.41) is 5.16. The van der Waals surface area contributed by atoms with E-state index in [9.17, 15) is 22.4 Å². The lowest BCUT2D eigenvalue weighted by Gasteiger charge is -2.12. The van der Waals surface area contributed by atoms with Crippen LogP contribution in [0.15, 0.2) is 71.7 Å². The summed E-state index contributed by atoms with van der Waals surface area (Å²) in [7, 11) is 0. The predicted octanol–water partition coefficient (Wildman–Crippen LogP) is 4.61. The van der Waals surface area contributed by atoms with E-state index in [0.717, 1.165) is 16.8 Å². The molecule has 2 heterocycles. The molecule has 8 heteroatoms. The van der Waals surface area contributed by atoms with Gasteiger partial charge in [-0.3, -0.25) is 4.79 Å². The van der Waals surface area contributed by atoms with Gasteiger partial charge >= 0.3 is 6.18 Å². The number of alkyl halides is 3. The number of fused-ring (bicyclic) bond motifs is 1. The van der Waals surface area contributed by atoms with Crippen molar-refractivity contribution in [1.29, 1.82) is 0 Å². The van der Waals surface area contributed by atoms with E-state index in [1.807, 2.05) is 0 Å². The fourth-order valence-electron chi connectivity index (χ4n) is 2.84. The van der Waals surface area contributed by atoms with Crippen molar-refractivity contribution in [3.63, 3.8) is 0 Å². The van der Waals surface area contributed by atoms with Gasteiger partial charge in [0.1, 0.15) is 5.82 Å². The molecule has 0 fully saturated rings. The molecule has 28 heavy (non-hydrogen) atoms. The van der Waals surface area contributed by atoms with Crippen LogP contribution in [-0.2, 0) is 6.18 Å². The Morgan fingerprint density at radius 1 is 0.857 bits per heavy atom. The zero-order valence-corrected chi connectivity index (χ0v) is 14.1. The van der Waals surface area contributed by atoms with Gasteiger partial charge in [-0.05, 0) is 42.5 Å². The fraction of sp³-hybridized carbons (Fsp3) is 0.0500. The molecule has 4 aromatic rings. The van der Waals surface area contributed by atoms with Crippen molar-refractivity contribution >= 4 is 10.8 Å². The molecule has 0 spiro atoms. The summed E-state index contributed by atoms with van der Waals surface area (Å²) in [4.78, 5) is 16.6. The van der Waals surface area contributed by atoms with E-state index in [2.05, 4.69) is 10.1 Å². The number of aromatic nitrogens is 3. The van der Waals surface area contributed by atoms with Gasteiger partial charge in [-0.15, -0.1) is 0 Å². The van der Waals surface area contributed by atoms with Crippen molar-refractivity contribution in [3.8, 4) is 17.1 Å². The van der Waals surface area contributed by atoms with Crippen LogP contribution in [0.4, 0.5) is 17.6 Å². The Labute approximate surface area is 155 Å². The van der Waals surface area contributed by atoms with Crippen molar-refractivity contribution in [1.82, 2.24) is 14.8 Å². The number of benzene rings is 2. The Hall–Kier alpha value is -3.55. The largest absolute Gasteiger partial charge is 0.417 e. The average molecular weight is 385 g/mol. The van der Waals surface area contributed by atoms with Crippen molar-refractivity contribution < 1.29 is 17.6 Å². The maximum Gasteiger partial charge on any atom is 0.417 e. The highest BCUT2D eigenvalue weighted by Gasteiger charge is 2.30. The minimum Gasteiger partial charge on any atom is -0.267 e. The van der Waals surface area contributed by atoms with Crippen LogP contribution in [0.25, 0.3) is 27.8 Å². The van der Waals surface area contributed by atoms with Gasteiger partial charge in [0, 0.05) is 17.1 Å². The van der Waals surface area contributed by atoms with Crippen LogP contribution < -0.4 is 5.56 Å². The topological polar surface area (TPSA) is 47.8 Å². The molecule has 4 nitrogen and oxygen atoms in total. The van der Waals surface area contributed by atoms with Crippen molar-refractivity contribution in [3.05, 3.63) is 88.6 Å². The molecule has 0 unspecified atom stereocenters. The summed E-state index contributed by atoms with van der Waals surface area (Å²) in [5.41, 5.74) is -0.507. The Morgan fingerprint density at radius 2 is 1.54 bits per heavy atom. The molecule has 0 N–H and O–H groups in total. The zero-order valence-electron chi connectivity index (χ0n) is 14.1. The maximum absolute atomic E-state index is 13.3. The summed E-state index contributed by atoms with van der Waals surface area (Å²) in [6.07, 6.45) is -3.89. The van der Waals surface area contributed by atoms with Crippen LogP contribution in [0.2, 0.25) is 0 Å². The van der Waals surface area contributed by atoms with Crippen LogP contribution in [0.3, 0.4) is 0 Å². The summed E-state index contributed by atoms with van der Waals surface area (Å²) in [5.74, 6) is -0.474. The first-order valence-electron chi connectivity index (χ1n) is 8.16. The lowest BCUT2D eigenvalue weighted by Crippen LogP contribution is -2.23. The molecule has 0 aliphatic carbocycles. The van der Waals surface area contributed by atoms with Crippen LogP contribution in [0, 0.1) is 5.82 Å². The van der Waals surface area contributed by atoms with Crippen LogP contribution in [-0.4, -0.2) is 14.8 Å². The highest BCUT2D eigenvalue weighted by molar-refractivity contribution is 5.93. The van der Waals surface area contributed by atoms with Gasteiger partial charge in [0.15, 0.2) is 5.82 Å². The first kappa shape index (κ1) is 17.8. The Bertz CT molecular complexity index is 1210. The molecule has 0 bridgehead atoms. The quantitative estimate of drug-likeness (QED) is 0.474. The normalized spacial score (nSPS) is 11.7. The number of pyridine rings is 1. The van der Waals surface area contributed by atoms with Crippen LogP contribution in [0.5, 0.6) is 0 Å². The predicted molar refractivity (Wildman–Crippen MR) is 95.5 cm³/mol. The average Bonchev–Trinajstić information content (AvgIpc) is 2.69. The van der Waals surface area contributed by atoms with Gasteiger partial charge in [-0.25, -0.2) is 9.37 Å². The Morgan fingerprint density at radius 3 is 2.14 bits per heavy atom. The van der Waals surface area contributed by atoms with E-state index in [1.165, 1.54) is 24.3 Å². The molecule has 0 atom stereocenters. The van der Waals surface area contributed by atoms with Crippen LogP contribution in [0.1, 0.15) is 5.56 Å². The second kappa shape index (κ2) is 6.56. The number of hydrogen-bond acceptors (Lipinski definition) is 3. The molecule has 0 saturated heterocycles. The number of rotatable bonds is 2. The third-order valence-electron chi connectivity index (χ3n) is 4.21. The van der Waals surface area contributed by atoms with Crippen molar-refractivity contribution in [2.24, 2.45) is 0 Å². The number of halogens is 4. The van der Waals surface area contributed by atoms with Gasteiger partial charge in [-0.2, -0.15) is 23.0 Å². The molecule has 0 aliphatic heterocycles. The minimum atomic E-state index is -4.54. The molecule has 2 aromatic carbocycles. The molecule has 0 radical (unpaired) electrons. The van der Waals surface area contributed by atoms with E-state index in [0.29, 0.717) is 28.2 Å². The molecule has 0 aliphatic rings. The Balaban J connectivity index is 1.96. The molecular formula is C20H11F4N3O. The minimum absolute atomic E-state index is 0.0490. The second-order valence-corrected chi connectivity index (χ2v) is 6.02. The summed E-state index contributed by atoms with van der Waals surface area (Å²) in [6, 6.07) is 14.2. The smallest absolute Gasteiger partial charge is 0.267 e. The zero-order chi connectivity index (χ0) is 19.9. The summed E-state index contributed by atoms with van der Waals surface area (Å²) >= 11 is 0.